The molecule has 1 heterocycles. The van der Waals surface area contributed by atoms with E-state index in [0.29, 0.717) is 17.8 Å². The summed E-state index contributed by atoms with van der Waals surface area (Å²) in [6, 6.07) is 3.39. The molecule has 2 rings (SSSR count). The number of hydrogen-bond donors (Lipinski definition) is 2. The van der Waals surface area contributed by atoms with Gasteiger partial charge in [0.2, 0.25) is 0 Å². The van der Waals surface area contributed by atoms with Gasteiger partial charge < -0.3 is 5.32 Å². The van der Waals surface area contributed by atoms with Crippen molar-refractivity contribution >= 4 is 0 Å². The summed E-state index contributed by atoms with van der Waals surface area (Å²) in [5, 5.41) is 9.57. The van der Waals surface area contributed by atoms with Crippen molar-refractivity contribution in [1.82, 2.24) is 15.5 Å². The molecule has 16 heavy (non-hydrogen) atoms. The molecular weight excluding hydrogens is 212 g/mol. The fourth-order valence-corrected chi connectivity index (χ4v) is 1.58. The Hall–Kier alpha value is -1.75. The maximum absolute atomic E-state index is 13.0. The second kappa shape index (κ2) is 4.40. The Morgan fingerprint density at radius 2 is 1.94 bits per heavy atom. The predicted molar refractivity (Wildman–Crippen MR) is 56.7 cm³/mol. The third kappa shape index (κ3) is 2.09. The number of H-pyrrole nitrogens is 1. The van der Waals surface area contributed by atoms with E-state index in [4.69, 9.17) is 0 Å². The van der Waals surface area contributed by atoms with Gasteiger partial charge in [-0.3, -0.25) is 5.10 Å². The Morgan fingerprint density at radius 3 is 2.56 bits per heavy atom. The Balaban J connectivity index is 2.45. The standard InChI is InChI=1S/C11H11F2N3/c1-14-5-8-6-15-16-11(8)7-2-9(12)4-10(13)3-7/h2-4,6,14H,5H2,1H3,(H,15,16). The molecule has 0 fully saturated rings. The molecule has 0 aliphatic rings. The van der Waals surface area contributed by atoms with Crippen molar-refractivity contribution in [1.29, 1.82) is 0 Å². The number of benzene rings is 1. The molecule has 5 heteroatoms. The first-order chi connectivity index (χ1) is 7.70. The first-order valence-corrected chi connectivity index (χ1v) is 4.84. The largest absolute Gasteiger partial charge is 0.316 e. The molecule has 0 aliphatic heterocycles. The third-order valence-electron chi connectivity index (χ3n) is 2.24. The summed E-state index contributed by atoms with van der Waals surface area (Å²) >= 11 is 0. The van der Waals surface area contributed by atoms with Crippen LogP contribution in [0.1, 0.15) is 5.56 Å². The minimum atomic E-state index is -0.597. The SMILES string of the molecule is CNCc1cn[nH]c1-c1cc(F)cc(F)c1. The van der Waals surface area contributed by atoms with Crippen LogP contribution in [-0.4, -0.2) is 17.2 Å². The summed E-state index contributed by atoms with van der Waals surface area (Å²) in [6.45, 7) is 0.587. The van der Waals surface area contributed by atoms with Crippen LogP contribution in [0.4, 0.5) is 8.78 Å². The maximum atomic E-state index is 13.0. The summed E-state index contributed by atoms with van der Waals surface area (Å²) in [7, 11) is 1.79. The molecule has 2 aromatic rings. The van der Waals surface area contributed by atoms with E-state index in [1.54, 1.807) is 13.2 Å². The lowest BCUT2D eigenvalue weighted by molar-refractivity contribution is 0.584. The second-order valence-corrected chi connectivity index (χ2v) is 3.46. The Kier molecular flexibility index (Phi) is 2.96. The summed E-state index contributed by atoms with van der Waals surface area (Å²) in [4.78, 5) is 0. The molecule has 0 radical (unpaired) electrons. The highest BCUT2D eigenvalue weighted by atomic mass is 19.1. The van der Waals surface area contributed by atoms with Gasteiger partial charge in [-0.2, -0.15) is 5.10 Å². The normalized spacial score (nSPS) is 10.7. The smallest absolute Gasteiger partial charge is 0.126 e. The number of rotatable bonds is 3. The third-order valence-corrected chi connectivity index (χ3v) is 2.24. The van der Waals surface area contributed by atoms with Gasteiger partial charge in [-0.25, -0.2) is 8.78 Å². The molecular formula is C11H11F2N3. The van der Waals surface area contributed by atoms with E-state index in [-0.39, 0.29) is 0 Å². The van der Waals surface area contributed by atoms with Crippen molar-refractivity contribution in [3.05, 3.63) is 41.6 Å². The monoisotopic (exact) mass is 223 g/mol. The van der Waals surface area contributed by atoms with E-state index in [0.717, 1.165) is 11.6 Å². The fourth-order valence-electron chi connectivity index (χ4n) is 1.58. The molecule has 0 aliphatic carbocycles. The summed E-state index contributed by atoms with van der Waals surface area (Å²) in [5.41, 5.74) is 1.96. The highest BCUT2D eigenvalue weighted by Crippen LogP contribution is 2.22. The summed E-state index contributed by atoms with van der Waals surface area (Å²) in [5.74, 6) is -1.19. The van der Waals surface area contributed by atoms with Gasteiger partial charge in [-0.15, -0.1) is 0 Å². The Labute approximate surface area is 91.5 Å². The molecule has 0 bridgehead atoms. The zero-order valence-electron chi connectivity index (χ0n) is 8.72. The average Bonchev–Trinajstić information content (AvgIpc) is 2.65. The van der Waals surface area contributed by atoms with E-state index >= 15 is 0 Å². The van der Waals surface area contributed by atoms with Crippen molar-refractivity contribution in [2.24, 2.45) is 0 Å². The van der Waals surface area contributed by atoms with E-state index < -0.39 is 11.6 Å². The molecule has 0 saturated heterocycles. The molecule has 84 valence electrons. The minimum Gasteiger partial charge on any atom is -0.316 e. The molecule has 1 aromatic carbocycles. The van der Waals surface area contributed by atoms with Gasteiger partial charge in [0, 0.05) is 23.7 Å². The van der Waals surface area contributed by atoms with Crippen molar-refractivity contribution in [2.75, 3.05) is 7.05 Å². The average molecular weight is 223 g/mol. The number of halogens is 2. The fraction of sp³-hybridized carbons (Fsp3) is 0.182. The van der Waals surface area contributed by atoms with Crippen LogP contribution in [0, 0.1) is 11.6 Å². The lowest BCUT2D eigenvalue weighted by Crippen LogP contribution is -2.05. The molecule has 0 unspecified atom stereocenters. The first-order valence-electron chi connectivity index (χ1n) is 4.84. The summed E-state index contributed by atoms with van der Waals surface area (Å²) < 4.78 is 26.1. The molecule has 0 saturated carbocycles. The van der Waals surface area contributed by atoms with Gasteiger partial charge in [0.25, 0.3) is 0 Å². The van der Waals surface area contributed by atoms with Crippen LogP contribution < -0.4 is 5.32 Å². The van der Waals surface area contributed by atoms with Crippen LogP contribution in [-0.2, 0) is 6.54 Å². The number of aromatic nitrogens is 2. The van der Waals surface area contributed by atoms with Crippen molar-refractivity contribution < 1.29 is 8.78 Å². The lowest BCUT2D eigenvalue weighted by atomic mass is 10.1. The van der Waals surface area contributed by atoms with Crippen LogP contribution in [0.2, 0.25) is 0 Å². The van der Waals surface area contributed by atoms with Crippen LogP contribution in [0.5, 0.6) is 0 Å². The predicted octanol–water partition coefficient (Wildman–Crippen LogP) is 2.07. The van der Waals surface area contributed by atoms with Gasteiger partial charge in [0.05, 0.1) is 11.9 Å². The Morgan fingerprint density at radius 1 is 1.25 bits per heavy atom. The number of aromatic amines is 1. The first kappa shape index (κ1) is 10.8. The van der Waals surface area contributed by atoms with Gasteiger partial charge in [-0.1, -0.05) is 0 Å². The minimum absolute atomic E-state index is 0.459. The lowest BCUT2D eigenvalue weighted by Gasteiger charge is -2.03. The Bertz CT molecular complexity index is 473. The van der Waals surface area contributed by atoms with Gasteiger partial charge in [0.1, 0.15) is 11.6 Å². The van der Waals surface area contributed by atoms with E-state index in [1.165, 1.54) is 12.1 Å². The van der Waals surface area contributed by atoms with Crippen LogP contribution >= 0.6 is 0 Å². The molecule has 0 amide bonds. The molecule has 0 spiro atoms. The molecule has 2 N–H and O–H groups in total. The van der Waals surface area contributed by atoms with E-state index in [9.17, 15) is 8.78 Å². The molecule has 1 aromatic heterocycles. The van der Waals surface area contributed by atoms with Crippen molar-refractivity contribution in [2.45, 2.75) is 6.54 Å². The van der Waals surface area contributed by atoms with Gasteiger partial charge in [-0.05, 0) is 19.2 Å². The number of nitrogens with zero attached hydrogens (tertiary/aromatic N) is 1. The number of hydrogen-bond acceptors (Lipinski definition) is 2. The second-order valence-electron chi connectivity index (χ2n) is 3.46. The van der Waals surface area contributed by atoms with Crippen molar-refractivity contribution in [3.8, 4) is 11.3 Å². The highest BCUT2D eigenvalue weighted by Gasteiger charge is 2.09. The number of nitrogens with one attached hydrogen (secondary N) is 2. The zero-order chi connectivity index (χ0) is 11.5. The van der Waals surface area contributed by atoms with Crippen LogP contribution in [0.25, 0.3) is 11.3 Å². The van der Waals surface area contributed by atoms with Gasteiger partial charge >= 0.3 is 0 Å². The van der Waals surface area contributed by atoms with Crippen LogP contribution in [0.15, 0.2) is 24.4 Å². The van der Waals surface area contributed by atoms with E-state index in [1.807, 2.05) is 0 Å². The summed E-state index contributed by atoms with van der Waals surface area (Å²) in [6.07, 6.45) is 1.63. The van der Waals surface area contributed by atoms with Crippen molar-refractivity contribution in [3.63, 3.8) is 0 Å². The van der Waals surface area contributed by atoms with Gasteiger partial charge in [0.15, 0.2) is 0 Å². The topological polar surface area (TPSA) is 40.7 Å². The quantitative estimate of drug-likeness (QED) is 0.836. The highest BCUT2D eigenvalue weighted by molar-refractivity contribution is 5.62. The molecule has 0 atom stereocenters. The zero-order valence-corrected chi connectivity index (χ0v) is 8.72. The van der Waals surface area contributed by atoms with Crippen LogP contribution in [0.3, 0.4) is 0 Å². The maximum Gasteiger partial charge on any atom is 0.126 e. The molecule has 3 nitrogen and oxygen atoms in total. The van der Waals surface area contributed by atoms with E-state index in [2.05, 4.69) is 15.5 Å².